The highest BCUT2D eigenvalue weighted by Crippen LogP contribution is 2.15. The minimum atomic E-state index is -0.139. The fourth-order valence-corrected chi connectivity index (χ4v) is 2.05. The number of amides is 1. The number of nitrogens with zero attached hydrogens (tertiary/aromatic N) is 3. The molecule has 0 saturated heterocycles. The molecule has 0 atom stereocenters. The van der Waals surface area contributed by atoms with Gasteiger partial charge in [0.25, 0.3) is 5.91 Å². The van der Waals surface area contributed by atoms with Crippen LogP contribution in [0.2, 0.25) is 0 Å². The molecule has 0 aliphatic heterocycles. The first-order valence-corrected chi connectivity index (χ1v) is 6.33. The van der Waals surface area contributed by atoms with Crippen LogP contribution in [-0.2, 0) is 6.54 Å². The van der Waals surface area contributed by atoms with E-state index >= 15 is 0 Å². The summed E-state index contributed by atoms with van der Waals surface area (Å²) < 4.78 is 5.27. The van der Waals surface area contributed by atoms with Crippen LogP contribution in [0.5, 0.6) is 0 Å². The number of H-pyrrole nitrogens is 1. The molecular weight excluding hydrogens is 256 g/mol. The Balaban J connectivity index is 2.22. The maximum absolute atomic E-state index is 12.6. The highest BCUT2D eigenvalue weighted by molar-refractivity contribution is 5.96. The van der Waals surface area contributed by atoms with Gasteiger partial charge in [0.2, 0.25) is 0 Å². The predicted octanol–water partition coefficient (Wildman–Crippen LogP) is 2.18. The topological polar surface area (TPSA) is 85.9 Å². The summed E-state index contributed by atoms with van der Waals surface area (Å²) in [4.78, 5) is 14.2. The van der Waals surface area contributed by atoms with E-state index in [1.165, 1.54) is 0 Å². The number of furan rings is 1. The van der Waals surface area contributed by atoms with Crippen LogP contribution >= 0.6 is 0 Å². The van der Waals surface area contributed by atoms with Crippen molar-refractivity contribution in [1.82, 2.24) is 15.1 Å². The molecule has 0 aliphatic rings. The average Bonchev–Trinajstić information content (AvgIpc) is 3.04. The van der Waals surface area contributed by atoms with Crippen molar-refractivity contribution in [2.75, 3.05) is 6.54 Å². The molecule has 0 spiro atoms. The highest BCUT2D eigenvalue weighted by atomic mass is 16.3. The first kappa shape index (κ1) is 13.9. The third-order valence-corrected chi connectivity index (χ3v) is 3.05. The molecule has 0 unspecified atom stereocenters. The van der Waals surface area contributed by atoms with Gasteiger partial charge < -0.3 is 9.32 Å². The number of rotatable bonds is 5. The highest BCUT2D eigenvalue weighted by Gasteiger charge is 2.22. The van der Waals surface area contributed by atoms with E-state index in [4.69, 9.17) is 9.68 Å². The lowest BCUT2D eigenvalue weighted by Crippen LogP contribution is -2.32. The first-order valence-electron chi connectivity index (χ1n) is 6.33. The van der Waals surface area contributed by atoms with E-state index in [1.54, 1.807) is 24.2 Å². The van der Waals surface area contributed by atoms with E-state index in [1.807, 2.05) is 13.0 Å². The van der Waals surface area contributed by atoms with Gasteiger partial charge in [-0.1, -0.05) is 0 Å². The Bertz CT molecular complexity index is 603. The molecule has 2 rings (SSSR count). The van der Waals surface area contributed by atoms with Gasteiger partial charge in [0.05, 0.1) is 36.6 Å². The summed E-state index contributed by atoms with van der Waals surface area (Å²) in [6.07, 6.45) is 1.85. The second-order valence-corrected chi connectivity index (χ2v) is 4.52. The van der Waals surface area contributed by atoms with E-state index < -0.39 is 0 Å². The molecule has 2 heterocycles. The first-order chi connectivity index (χ1) is 9.63. The standard InChI is InChI=1S/C14H16N4O2/c1-10-13(11(2)17-16-10)14(19)18(7-4-6-15)9-12-5-3-8-20-12/h3,5,8H,4,7,9H2,1-2H3,(H,16,17). The molecule has 0 saturated carbocycles. The second kappa shape index (κ2) is 6.06. The monoisotopic (exact) mass is 272 g/mol. The smallest absolute Gasteiger partial charge is 0.258 e. The minimum absolute atomic E-state index is 0.139. The van der Waals surface area contributed by atoms with Gasteiger partial charge in [-0.25, -0.2) is 0 Å². The molecule has 0 aliphatic carbocycles. The third kappa shape index (κ3) is 2.88. The largest absolute Gasteiger partial charge is 0.467 e. The van der Waals surface area contributed by atoms with Gasteiger partial charge in [0.15, 0.2) is 0 Å². The van der Waals surface area contributed by atoms with Crippen molar-refractivity contribution < 1.29 is 9.21 Å². The van der Waals surface area contributed by atoms with Crippen LogP contribution in [0.3, 0.4) is 0 Å². The van der Waals surface area contributed by atoms with E-state index in [0.717, 1.165) is 5.69 Å². The van der Waals surface area contributed by atoms with Crippen LogP contribution in [0.15, 0.2) is 22.8 Å². The summed E-state index contributed by atoms with van der Waals surface area (Å²) in [6, 6.07) is 5.64. The minimum Gasteiger partial charge on any atom is -0.467 e. The molecule has 0 fully saturated rings. The molecule has 104 valence electrons. The Hall–Kier alpha value is -2.55. The quantitative estimate of drug-likeness (QED) is 0.903. The van der Waals surface area contributed by atoms with Gasteiger partial charge in [-0.05, 0) is 26.0 Å². The van der Waals surface area contributed by atoms with Crippen molar-refractivity contribution in [2.45, 2.75) is 26.8 Å². The van der Waals surface area contributed by atoms with Crippen LogP contribution in [-0.4, -0.2) is 27.5 Å². The molecule has 0 radical (unpaired) electrons. The SMILES string of the molecule is Cc1n[nH]c(C)c1C(=O)N(CCC#N)Cc1ccco1. The van der Waals surface area contributed by atoms with Gasteiger partial charge in [-0.15, -0.1) is 0 Å². The number of aryl methyl sites for hydroxylation is 2. The molecule has 1 N–H and O–H groups in total. The van der Waals surface area contributed by atoms with Gasteiger partial charge in [0.1, 0.15) is 5.76 Å². The average molecular weight is 272 g/mol. The molecule has 6 heteroatoms. The lowest BCUT2D eigenvalue weighted by atomic mass is 10.1. The van der Waals surface area contributed by atoms with Crippen molar-refractivity contribution in [3.05, 3.63) is 41.1 Å². The number of hydrogen-bond donors (Lipinski definition) is 1. The van der Waals surface area contributed by atoms with Crippen LogP contribution in [0, 0.1) is 25.2 Å². The molecule has 0 bridgehead atoms. The second-order valence-electron chi connectivity index (χ2n) is 4.52. The van der Waals surface area contributed by atoms with E-state index in [0.29, 0.717) is 30.1 Å². The molecule has 1 amide bonds. The van der Waals surface area contributed by atoms with Gasteiger partial charge in [-0.2, -0.15) is 10.4 Å². The molecular formula is C14H16N4O2. The normalized spacial score (nSPS) is 10.2. The molecule has 0 aromatic carbocycles. The zero-order valence-electron chi connectivity index (χ0n) is 11.5. The number of nitrogens with one attached hydrogen (secondary N) is 1. The summed E-state index contributed by atoms with van der Waals surface area (Å²) in [5.74, 6) is 0.551. The van der Waals surface area contributed by atoms with Crippen molar-refractivity contribution >= 4 is 5.91 Å². The Kier molecular flexibility index (Phi) is 4.20. The zero-order valence-corrected chi connectivity index (χ0v) is 11.5. The van der Waals surface area contributed by atoms with Crippen molar-refractivity contribution in [1.29, 1.82) is 5.26 Å². The lowest BCUT2D eigenvalue weighted by molar-refractivity contribution is 0.0734. The summed E-state index contributed by atoms with van der Waals surface area (Å²) >= 11 is 0. The van der Waals surface area contributed by atoms with Crippen LogP contribution in [0.1, 0.15) is 33.9 Å². The number of nitriles is 1. The summed E-state index contributed by atoms with van der Waals surface area (Å²) in [5, 5.41) is 15.6. The third-order valence-electron chi connectivity index (χ3n) is 3.05. The Morgan fingerprint density at radius 2 is 2.35 bits per heavy atom. The maximum Gasteiger partial charge on any atom is 0.258 e. The Labute approximate surface area is 117 Å². The maximum atomic E-state index is 12.6. The summed E-state index contributed by atoms with van der Waals surface area (Å²) in [5.41, 5.74) is 1.96. The fourth-order valence-electron chi connectivity index (χ4n) is 2.05. The molecule has 2 aromatic rings. The predicted molar refractivity (Wildman–Crippen MR) is 71.7 cm³/mol. The molecule has 20 heavy (non-hydrogen) atoms. The number of aromatic nitrogens is 2. The summed E-state index contributed by atoms with van der Waals surface area (Å²) in [6.45, 7) is 4.30. The zero-order chi connectivity index (χ0) is 14.5. The molecule has 2 aromatic heterocycles. The van der Waals surface area contributed by atoms with Crippen LogP contribution in [0.4, 0.5) is 0 Å². The number of carbonyl (C=O) groups is 1. The van der Waals surface area contributed by atoms with Crippen molar-refractivity contribution in [3.63, 3.8) is 0 Å². The fraction of sp³-hybridized carbons (Fsp3) is 0.357. The lowest BCUT2D eigenvalue weighted by Gasteiger charge is -2.20. The summed E-state index contributed by atoms with van der Waals surface area (Å²) in [7, 11) is 0. The van der Waals surface area contributed by atoms with E-state index in [-0.39, 0.29) is 12.3 Å². The number of aromatic amines is 1. The van der Waals surface area contributed by atoms with Crippen LogP contribution in [0.25, 0.3) is 0 Å². The van der Waals surface area contributed by atoms with Crippen molar-refractivity contribution in [3.8, 4) is 6.07 Å². The van der Waals surface area contributed by atoms with E-state index in [2.05, 4.69) is 16.3 Å². The number of hydrogen-bond acceptors (Lipinski definition) is 4. The van der Waals surface area contributed by atoms with Crippen molar-refractivity contribution in [2.24, 2.45) is 0 Å². The Morgan fingerprint density at radius 3 is 2.90 bits per heavy atom. The number of carbonyl (C=O) groups excluding carboxylic acids is 1. The van der Waals surface area contributed by atoms with Gasteiger partial charge in [-0.3, -0.25) is 9.89 Å². The van der Waals surface area contributed by atoms with Crippen LogP contribution < -0.4 is 0 Å². The molecule has 6 nitrogen and oxygen atoms in total. The Morgan fingerprint density at radius 1 is 1.55 bits per heavy atom. The van der Waals surface area contributed by atoms with E-state index in [9.17, 15) is 4.79 Å². The van der Waals surface area contributed by atoms with Gasteiger partial charge in [0, 0.05) is 12.2 Å². The van der Waals surface area contributed by atoms with Gasteiger partial charge >= 0.3 is 0 Å².